The first-order valence-electron chi connectivity index (χ1n) is 5.72. The van der Waals surface area contributed by atoms with E-state index in [1.165, 1.54) is 0 Å². The molecule has 7 heteroatoms. The van der Waals surface area contributed by atoms with Gasteiger partial charge in [-0.1, -0.05) is 23.5 Å². The van der Waals surface area contributed by atoms with Crippen molar-refractivity contribution in [2.24, 2.45) is 0 Å². The van der Waals surface area contributed by atoms with Gasteiger partial charge in [0.15, 0.2) is 0 Å². The molecule has 0 saturated heterocycles. The van der Waals surface area contributed by atoms with Crippen molar-refractivity contribution in [1.29, 1.82) is 0 Å². The molecular weight excluding hydrogens is 278 g/mol. The van der Waals surface area contributed by atoms with Crippen LogP contribution in [-0.4, -0.2) is 21.7 Å². The Morgan fingerprint density at radius 1 is 1.25 bits per heavy atom. The molecule has 3 rings (SSSR count). The quantitative estimate of drug-likeness (QED) is 0.667. The van der Waals surface area contributed by atoms with Crippen molar-refractivity contribution in [3.63, 3.8) is 0 Å². The summed E-state index contributed by atoms with van der Waals surface area (Å²) in [6, 6.07) is 7.30. The lowest BCUT2D eigenvalue weighted by molar-refractivity contribution is 0.415. The molecule has 0 aliphatic heterocycles. The topological polar surface area (TPSA) is 73.6 Å². The lowest BCUT2D eigenvalue weighted by Crippen LogP contribution is -2.25. The predicted octanol–water partition coefficient (Wildman–Crippen LogP) is 0.0675. The van der Waals surface area contributed by atoms with E-state index in [0.717, 1.165) is 33.4 Å². The summed E-state index contributed by atoms with van der Waals surface area (Å²) in [5, 5.41) is 3.77. The molecule has 3 aromatic rings. The number of nitrogens with zero attached hydrogens (tertiary/aromatic N) is 3. The number of thiazole rings is 1. The Hall–Kier alpha value is -2.54. The average Bonchev–Trinajstić information content (AvgIpc) is 2.75. The maximum absolute atomic E-state index is 12.1. The van der Waals surface area contributed by atoms with Crippen LogP contribution < -0.4 is 20.4 Å². The minimum absolute atomic E-state index is 0.284. The van der Waals surface area contributed by atoms with Crippen LogP contribution in [0.3, 0.4) is 0 Å². The van der Waals surface area contributed by atoms with Gasteiger partial charge in [-0.15, -0.1) is 0 Å². The molecule has 2 heterocycles. The summed E-state index contributed by atoms with van der Waals surface area (Å²) in [7, 11) is 1.59. The summed E-state index contributed by atoms with van der Waals surface area (Å²) in [5.41, 5.74) is 0.118. The molecule has 1 aromatic carbocycles. The summed E-state index contributed by atoms with van der Waals surface area (Å²) in [4.78, 5) is 27.2. The van der Waals surface area contributed by atoms with E-state index in [-0.39, 0.29) is 5.56 Å². The molecule has 0 atom stereocenters. The molecule has 2 aromatic heterocycles. The van der Waals surface area contributed by atoms with Gasteiger partial charge in [-0.05, 0) is 23.8 Å². The lowest BCUT2D eigenvalue weighted by atomic mass is 10.2. The van der Waals surface area contributed by atoms with E-state index in [2.05, 4.69) is 10.1 Å². The van der Waals surface area contributed by atoms with Gasteiger partial charge in [0.2, 0.25) is 4.96 Å². The minimum Gasteiger partial charge on any atom is -0.497 e. The first-order chi connectivity index (χ1) is 9.67. The molecule has 0 N–H and O–H groups in total. The second-order valence-electron chi connectivity index (χ2n) is 3.98. The fourth-order valence-electron chi connectivity index (χ4n) is 1.72. The molecule has 0 bridgehead atoms. The third-order valence-corrected chi connectivity index (χ3v) is 3.65. The van der Waals surface area contributed by atoms with Crippen molar-refractivity contribution >= 4 is 22.4 Å². The molecule has 20 heavy (non-hydrogen) atoms. The van der Waals surface area contributed by atoms with Crippen LogP contribution >= 0.6 is 11.3 Å². The van der Waals surface area contributed by atoms with Gasteiger partial charge in [0.1, 0.15) is 11.9 Å². The van der Waals surface area contributed by atoms with Gasteiger partial charge in [-0.25, -0.2) is 0 Å². The van der Waals surface area contributed by atoms with Crippen LogP contribution in [0.25, 0.3) is 11.0 Å². The zero-order valence-corrected chi connectivity index (χ0v) is 11.3. The standard InChI is InChI=1S/C13H9N3O3S/c1-19-9-4-2-8(3-5-9)6-10-12(18)16-13(20-10)15-11(17)7-14-16/h2-7H,1H3/b10-6+. The highest BCUT2D eigenvalue weighted by molar-refractivity contribution is 7.15. The molecule has 6 nitrogen and oxygen atoms in total. The normalized spacial score (nSPS) is 11.9. The zero-order chi connectivity index (χ0) is 14.1. The van der Waals surface area contributed by atoms with Crippen LogP contribution in [-0.2, 0) is 0 Å². The summed E-state index contributed by atoms with van der Waals surface area (Å²) in [5.74, 6) is 0.745. The molecule has 0 spiro atoms. The van der Waals surface area contributed by atoms with Gasteiger partial charge in [-0.2, -0.15) is 14.6 Å². The molecule has 0 amide bonds. The van der Waals surface area contributed by atoms with E-state index in [4.69, 9.17) is 4.74 Å². The Balaban J connectivity index is 2.17. The van der Waals surface area contributed by atoms with E-state index in [1.807, 2.05) is 24.3 Å². The number of hydrogen-bond acceptors (Lipinski definition) is 6. The average molecular weight is 287 g/mol. The SMILES string of the molecule is COc1ccc(/C=c2/sc3nc(=O)cnn3c2=O)cc1. The zero-order valence-electron chi connectivity index (χ0n) is 10.4. The van der Waals surface area contributed by atoms with Crippen molar-refractivity contribution in [3.8, 4) is 5.75 Å². The number of aromatic nitrogens is 3. The minimum atomic E-state index is -0.456. The highest BCUT2D eigenvalue weighted by Crippen LogP contribution is 2.11. The first kappa shape index (κ1) is 12.5. The van der Waals surface area contributed by atoms with E-state index in [1.54, 1.807) is 13.2 Å². The molecular formula is C13H9N3O3S. The fourth-order valence-corrected chi connectivity index (χ4v) is 2.64. The van der Waals surface area contributed by atoms with Gasteiger partial charge in [-0.3, -0.25) is 9.59 Å². The van der Waals surface area contributed by atoms with Gasteiger partial charge in [0, 0.05) is 0 Å². The fraction of sp³-hybridized carbons (Fsp3) is 0.0769. The second-order valence-corrected chi connectivity index (χ2v) is 4.99. The van der Waals surface area contributed by atoms with Crippen LogP contribution in [0.1, 0.15) is 5.56 Å². The maximum Gasteiger partial charge on any atom is 0.292 e. The monoisotopic (exact) mass is 287 g/mol. The van der Waals surface area contributed by atoms with Crippen LogP contribution in [0.2, 0.25) is 0 Å². The largest absolute Gasteiger partial charge is 0.497 e. The highest BCUT2D eigenvalue weighted by Gasteiger charge is 2.05. The van der Waals surface area contributed by atoms with Crippen LogP contribution in [0.15, 0.2) is 40.1 Å². The van der Waals surface area contributed by atoms with E-state index >= 15 is 0 Å². The predicted molar refractivity (Wildman–Crippen MR) is 75.2 cm³/mol. The number of methoxy groups -OCH3 is 1. The second kappa shape index (κ2) is 4.86. The Morgan fingerprint density at radius 3 is 2.70 bits per heavy atom. The number of rotatable bonds is 2. The first-order valence-corrected chi connectivity index (χ1v) is 6.54. The van der Waals surface area contributed by atoms with E-state index in [0.29, 0.717) is 9.49 Å². The molecule has 0 radical (unpaired) electrons. The molecule has 100 valence electrons. The lowest BCUT2D eigenvalue weighted by Gasteiger charge is -1.98. The van der Waals surface area contributed by atoms with Crippen molar-refractivity contribution in [2.45, 2.75) is 0 Å². The molecule has 0 aliphatic carbocycles. The Bertz CT molecular complexity index is 928. The number of fused-ring (bicyclic) bond motifs is 1. The molecule has 0 aliphatic rings. The van der Waals surface area contributed by atoms with Crippen molar-refractivity contribution in [1.82, 2.24) is 14.6 Å². The van der Waals surface area contributed by atoms with Crippen molar-refractivity contribution < 1.29 is 4.74 Å². The van der Waals surface area contributed by atoms with Crippen molar-refractivity contribution in [3.05, 3.63) is 61.3 Å². The van der Waals surface area contributed by atoms with Crippen LogP contribution in [0, 0.1) is 0 Å². The van der Waals surface area contributed by atoms with E-state index < -0.39 is 5.56 Å². The van der Waals surface area contributed by atoms with Crippen molar-refractivity contribution in [2.75, 3.05) is 7.11 Å². The smallest absolute Gasteiger partial charge is 0.292 e. The van der Waals surface area contributed by atoms with Gasteiger partial charge >= 0.3 is 0 Å². The summed E-state index contributed by atoms with van der Waals surface area (Å²) >= 11 is 1.13. The Labute approximate surface area is 116 Å². The highest BCUT2D eigenvalue weighted by atomic mass is 32.1. The van der Waals surface area contributed by atoms with Gasteiger partial charge in [0.05, 0.1) is 11.6 Å². The number of hydrogen-bond donors (Lipinski definition) is 0. The van der Waals surface area contributed by atoms with E-state index in [9.17, 15) is 9.59 Å². The third-order valence-electron chi connectivity index (χ3n) is 2.69. The Kier molecular flexibility index (Phi) is 3.03. The third kappa shape index (κ3) is 2.19. The van der Waals surface area contributed by atoms with Gasteiger partial charge in [0.25, 0.3) is 11.1 Å². The van der Waals surface area contributed by atoms with Crippen LogP contribution in [0.4, 0.5) is 0 Å². The molecule has 0 saturated carbocycles. The summed E-state index contributed by atoms with van der Waals surface area (Å²) in [6.07, 6.45) is 2.76. The van der Waals surface area contributed by atoms with Crippen LogP contribution in [0.5, 0.6) is 5.75 Å². The molecule has 0 unspecified atom stereocenters. The van der Waals surface area contributed by atoms with Gasteiger partial charge < -0.3 is 4.74 Å². The summed E-state index contributed by atoms with van der Waals surface area (Å²) < 4.78 is 6.67. The summed E-state index contributed by atoms with van der Waals surface area (Å²) in [6.45, 7) is 0. The Morgan fingerprint density at radius 2 is 2.00 bits per heavy atom. The number of benzene rings is 1. The maximum atomic E-state index is 12.1. The molecule has 0 fully saturated rings. The number of ether oxygens (including phenoxy) is 1.